The number of benzene rings is 2. The molecule has 0 amide bonds. The monoisotopic (exact) mass is 699 g/mol. The topological polar surface area (TPSA) is 121 Å². The van der Waals surface area contributed by atoms with Crippen LogP contribution in [0.15, 0.2) is 59.0 Å². The second kappa shape index (κ2) is 13.6. The first-order chi connectivity index (χ1) is 22.3. The minimum atomic E-state index is -2.46. The van der Waals surface area contributed by atoms with Gasteiger partial charge in [0.1, 0.15) is 40.5 Å². The van der Waals surface area contributed by atoms with E-state index >= 15 is 0 Å². The number of imidazole rings is 1. The Balaban J connectivity index is 1.28. The lowest BCUT2D eigenvalue weighted by atomic mass is 10.0. The van der Waals surface area contributed by atoms with Crippen molar-refractivity contribution in [2.45, 2.75) is 56.8 Å². The molecule has 47 heavy (non-hydrogen) atoms. The third kappa shape index (κ3) is 7.57. The van der Waals surface area contributed by atoms with E-state index in [0.717, 1.165) is 22.7 Å². The molecule has 4 heterocycles. The number of pyridine rings is 1. The zero-order valence-corrected chi connectivity index (χ0v) is 30.1. The number of nitrogens with zero attached hydrogens (tertiary/aromatic N) is 5. The molecule has 5 atom stereocenters. The number of ether oxygens (including phenoxy) is 4. The Kier molecular flexibility index (Phi) is 9.80. The van der Waals surface area contributed by atoms with Crippen LogP contribution < -0.4 is 4.74 Å². The largest absolute Gasteiger partial charge is 0.456 e. The van der Waals surface area contributed by atoms with Gasteiger partial charge in [-0.2, -0.15) is 9.35 Å². The van der Waals surface area contributed by atoms with Crippen LogP contribution in [-0.4, -0.2) is 101 Å². The zero-order chi connectivity index (χ0) is 33.5. The highest BCUT2D eigenvalue weighted by molar-refractivity contribution is 7.90. The molecule has 0 spiro atoms. The fourth-order valence-electron chi connectivity index (χ4n) is 5.44. The maximum absolute atomic E-state index is 12.6. The molecule has 0 saturated carbocycles. The van der Waals surface area contributed by atoms with Crippen molar-refractivity contribution in [3.63, 3.8) is 0 Å². The Morgan fingerprint density at radius 1 is 1.02 bits per heavy atom. The highest BCUT2D eigenvalue weighted by atomic mass is 35.5. The lowest BCUT2D eigenvalue weighted by Crippen LogP contribution is -2.35. The lowest BCUT2D eigenvalue weighted by molar-refractivity contribution is 0.00336. The second-order valence-electron chi connectivity index (χ2n) is 13.4. The first-order valence-corrected chi connectivity index (χ1v) is 21.6. The van der Waals surface area contributed by atoms with Gasteiger partial charge in [0.25, 0.3) is 0 Å². The van der Waals surface area contributed by atoms with E-state index in [2.05, 4.69) is 24.0 Å². The third-order valence-corrected chi connectivity index (χ3v) is 12.3. The van der Waals surface area contributed by atoms with Crippen LogP contribution in [-0.2, 0) is 30.9 Å². The normalized spacial score (nSPS) is 22.5. The molecule has 0 aliphatic carbocycles. The zero-order valence-electron chi connectivity index (χ0n) is 27.6. The van der Waals surface area contributed by atoms with Crippen LogP contribution in [0, 0.1) is 0 Å². The number of aromatic nitrogens is 3. The molecule has 14 heteroatoms. The maximum atomic E-state index is 12.6. The minimum Gasteiger partial charge on any atom is -0.456 e. The van der Waals surface area contributed by atoms with Crippen molar-refractivity contribution < 1.29 is 28.3 Å². The van der Waals surface area contributed by atoms with E-state index in [1.165, 1.54) is 0 Å². The Hall–Kier alpha value is -2.88. The van der Waals surface area contributed by atoms with E-state index in [1.807, 2.05) is 53.1 Å². The summed E-state index contributed by atoms with van der Waals surface area (Å²) in [5.41, 5.74) is 5.30. The predicted molar refractivity (Wildman–Crippen MR) is 187 cm³/mol. The van der Waals surface area contributed by atoms with Gasteiger partial charge in [-0.1, -0.05) is 67.6 Å². The van der Waals surface area contributed by atoms with E-state index in [1.54, 1.807) is 30.7 Å². The Morgan fingerprint density at radius 2 is 1.66 bits per heavy atom. The van der Waals surface area contributed by atoms with Crippen LogP contribution >= 0.6 is 11.6 Å². The van der Waals surface area contributed by atoms with Crippen LogP contribution in [0.25, 0.3) is 33.5 Å². The number of rotatable bonds is 11. The second-order valence-corrected chi connectivity index (χ2v) is 21.9. The van der Waals surface area contributed by atoms with Crippen LogP contribution in [0.5, 0.6) is 6.01 Å². The van der Waals surface area contributed by atoms with E-state index in [0.29, 0.717) is 40.2 Å². The van der Waals surface area contributed by atoms with Crippen molar-refractivity contribution in [2.24, 2.45) is 4.36 Å². The maximum Gasteiger partial charge on any atom is 0.301 e. The van der Waals surface area contributed by atoms with E-state index < -0.39 is 36.3 Å². The molecule has 4 aromatic rings. The Labute approximate surface area is 282 Å². The summed E-state index contributed by atoms with van der Waals surface area (Å²) >= 11 is 6.80. The van der Waals surface area contributed by atoms with Crippen LogP contribution in [0.4, 0.5) is 5.69 Å². The molecule has 0 bridgehead atoms. The van der Waals surface area contributed by atoms with Crippen molar-refractivity contribution in [2.75, 3.05) is 40.2 Å². The molecule has 2 saturated heterocycles. The number of aliphatic hydroxyl groups is 1. The Bertz CT molecular complexity index is 1850. The van der Waals surface area contributed by atoms with Gasteiger partial charge in [0, 0.05) is 40.6 Å². The summed E-state index contributed by atoms with van der Waals surface area (Å²) in [5, 5.41) is 10.7. The van der Waals surface area contributed by atoms with Crippen LogP contribution in [0.2, 0.25) is 30.7 Å². The molecule has 2 fully saturated rings. The SMILES string of the molecule is CN(C)S(C)(=O)=Nc1ccc(-c2ccc(-c3nc4c(cc3Cl)nc(O[C@@H]3CO[C@H]5[C@@H]3OC[C@H]5O)n4COCC[Si](C)(C)C)cc2)cc1. The third-order valence-electron chi connectivity index (χ3n) is 8.41. The van der Waals surface area contributed by atoms with Gasteiger partial charge in [-0.3, -0.25) is 4.57 Å². The molecule has 2 aromatic heterocycles. The minimum absolute atomic E-state index is 0.207. The summed E-state index contributed by atoms with van der Waals surface area (Å²) in [5.74, 6) is 0. The fourth-order valence-corrected chi connectivity index (χ4v) is 7.13. The fraction of sp³-hybridized carbons (Fsp3) is 0.455. The van der Waals surface area contributed by atoms with Gasteiger partial charge < -0.3 is 24.1 Å². The van der Waals surface area contributed by atoms with E-state index in [4.69, 9.17) is 40.5 Å². The number of hydrogen-bond donors (Lipinski definition) is 1. The smallest absolute Gasteiger partial charge is 0.301 e. The van der Waals surface area contributed by atoms with Gasteiger partial charge in [0.05, 0.1) is 29.6 Å². The van der Waals surface area contributed by atoms with Gasteiger partial charge in [-0.15, -0.1) is 0 Å². The summed E-state index contributed by atoms with van der Waals surface area (Å²) in [6, 6.07) is 18.8. The molecule has 1 N–H and O–H groups in total. The molecule has 2 aliphatic rings. The first-order valence-electron chi connectivity index (χ1n) is 15.6. The van der Waals surface area contributed by atoms with Gasteiger partial charge >= 0.3 is 6.01 Å². The molecule has 0 radical (unpaired) electrons. The van der Waals surface area contributed by atoms with Crippen molar-refractivity contribution in [1.29, 1.82) is 0 Å². The highest BCUT2D eigenvalue weighted by Gasteiger charge is 2.49. The van der Waals surface area contributed by atoms with Gasteiger partial charge in [-0.05, 0) is 35.4 Å². The van der Waals surface area contributed by atoms with Crippen molar-refractivity contribution in [1.82, 2.24) is 18.8 Å². The van der Waals surface area contributed by atoms with Crippen molar-refractivity contribution >= 4 is 46.4 Å². The van der Waals surface area contributed by atoms with E-state index in [-0.39, 0.29) is 26.0 Å². The number of hydrogen-bond acceptors (Lipinski definition) is 9. The van der Waals surface area contributed by atoms with Crippen LogP contribution in [0.1, 0.15) is 0 Å². The molecular formula is C33H42ClN5O6SSi. The molecule has 252 valence electrons. The van der Waals surface area contributed by atoms with Crippen molar-refractivity contribution in [3.05, 3.63) is 59.6 Å². The molecule has 6 rings (SSSR count). The molecule has 2 aromatic carbocycles. The number of aliphatic hydroxyl groups excluding tert-OH is 1. The quantitative estimate of drug-likeness (QED) is 0.153. The average molecular weight is 700 g/mol. The molecule has 2 aliphatic heterocycles. The molecule has 1 unspecified atom stereocenters. The summed E-state index contributed by atoms with van der Waals surface area (Å²) in [6.07, 6.45) is -0.286. The standard InChI is InChI=1S/C33H42ClN5O6SSi/c1-38(2)46(3,41)37-24-13-11-22(12-14-24)21-7-9-23(10-8-21)29-25(34)17-26-32(36-29)39(20-42-15-16-47(4,5)6)33(35-26)45-28-19-44-30-27(40)18-43-31(28)30/h7-14,17,27-28,30-31,40H,15-16,18-20H2,1-6H3/t27-,28-,30-,31-,46?/m1/s1. The highest BCUT2D eigenvalue weighted by Crippen LogP contribution is 2.35. The summed E-state index contributed by atoms with van der Waals surface area (Å²) in [4.78, 5) is 9.72. The number of fused-ring (bicyclic) bond motifs is 2. The summed E-state index contributed by atoms with van der Waals surface area (Å²) in [6.45, 7) is 8.25. The van der Waals surface area contributed by atoms with Crippen molar-refractivity contribution in [3.8, 4) is 28.4 Å². The predicted octanol–water partition coefficient (Wildman–Crippen LogP) is 5.84. The van der Waals surface area contributed by atoms with Gasteiger partial charge in [-0.25, -0.2) is 13.5 Å². The van der Waals surface area contributed by atoms with Gasteiger partial charge in [0.2, 0.25) is 0 Å². The molecule has 11 nitrogen and oxygen atoms in total. The summed E-state index contributed by atoms with van der Waals surface area (Å²) in [7, 11) is -0.251. The van der Waals surface area contributed by atoms with E-state index in [9.17, 15) is 9.32 Å². The Morgan fingerprint density at radius 3 is 2.32 bits per heavy atom. The van der Waals surface area contributed by atoms with Gasteiger partial charge in [0.15, 0.2) is 11.8 Å². The van der Waals surface area contributed by atoms with Crippen LogP contribution in [0.3, 0.4) is 0 Å². The first kappa shape index (κ1) is 34.0. The number of halogens is 1. The summed E-state index contributed by atoms with van der Waals surface area (Å²) < 4.78 is 44.5. The molecular weight excluding hydrogens is 658 g/mol. The lowest BCUT2D eigenvalue weighted by Gasteiger charge is -2.19. The average Bonchev–Trinajstić information content (AvgIpc) is 3.69.